The molecule has 0 saturated heterocycles. The maximum atomic E-state index is 10.9. The molecule has 0 heterocycles. The number of amides is 1. The zero-order valence-electron chi connectivity index (χ0n) is 8.24. The van der Waals surface area contributed by atoms with Crippen LogP contribution >= 0.6 is 11.6 Å². The highest BCUT2D eigenvalue weighted by molar-refractivity contribution is 6.32. The topological polar surface area (TPSA) is 90.7 Å². The first-order valence-corrected chi connectivity index (χ1v) is 4.44. The van der Waals surface area contributed by atoms with E-state index >= 15 is 0 Å². The molecular weight excluding hydrogens is 236 g/mol. The molecule has 6 nitrogen and oxygen atoms in total. The Hall–Kier alpha value is -1.79. The molecular formula is C9H8ClN2O4. The minimum atomic E-state index is -0.883. The third-order valence-corrected chi connectivity index (χ3v) is 1.98. The van der Waals surface area contributed by atoms with E-state index in [-0.39, 0.29) is 22.1 Å². The number of ether oxygens (including phenoxy) is 2. The number of methoxy groups -OCH3 is 1. The van der Waals surface area contributed by atoms with E-state index in [4.69, 9.17) is 26.9 Å². The molecule has 1 aromatic carbocycles. The van der Waals surface area contributed by atoms with Crippen LogP contribution in [0.1, 0.15) is 5.56 Å². The number of carbonyl (C=O) groups excluding carboxylic acids is 2. The molecule has 3 N–H and O–H groups in total. The fraction of sp³-hybridized carbons (Fsp3) is 0.111. The molecule has 1 aromatic rings. The molecule has 0 unspecified atom stereocenters. The summed E-state index contributed by atoms with van der Waals surface area (Å²) in [5.41, 5.74) is 1.90. The number of hydrazine groups is 1. The van der Waals surface area contributed by atoms with Crippen molar-refractivity contribution in [2.24, 2.45) is 5.84 Å². The fourth-order valence-corrected chi connectivity index (χ4v) is 1.19. The van der Waals surface area contributed by atoms with E-state index < -0.39 is 6.09 Å². The van der Waals surface area contributed by atoms with Crippen molar-refractivity contribution in [3.05, 3.63) is 22.7 Å². The van der Waals surface area contributed by atoms with E-state index in [1.807, 2.05) is 0 Å². The van der Waals surface area contributed by atoms with Crippen molar-refractivity contribution in [3.63, 3.8) is 0 Å². The predicted molar refractivity (Wildman–Crippen MR) is 56.1 cm³/mol. The Morgan fingerprint density at radius 3 is 2.69 bits per heavy atom. The molecule has 0 fully saturated rings. The minimum Gasteiger partial charge on any atom is -0.496 e. The van der Waals surface area contributed by atoms with E-state index in [0.29, 0.717) is 0 Å². The molecule has 1 radical (unpaired) electrons. The predicted octanol–water partition coefficient (Wildman–Crippen LogP) is 0.768. The monoisotopic (exact) mass is 243 g/mol. The van der Waals surface area contributed by atoms with Crippen LogP contribution in [0.25, 0.3) is 0 Å². The second kappa shape index (κ2) is 5.34. The molecule has 0 aromatic heterocycles. The average molecular weight is 244 g/mol. The van der Waals surface area contributed by atoms with Gasteiger partial charge in [0.05, 0.1) is 17.7 Å². The number of hydrogen-bond donors (Lipinski definition) is 2. The second-order valence-corrected chi connectivity index (χ2v) is 3.03. The summed E-state index contributed by atoms with van der Waals surface area (Å²) in [5, 5.41) is 0.0720. The van der Waals surface area contributed by atoms with Crippen LogP contribution in [-0.2, 0) is 4.79 Å². The van der Waals surface area contributed by atoms with Gasteiger partial charge in [-0.15, -0.1) is 0 Å². The van der Waals surface area contributed by atoms with Gasteiger partial charge in [0.25, 0.3) is 0 Å². The van der Waals surface area contributed by atoms with E-state index in [9.17, 15) is 9.59 Å². The van der Waals surface area contributed by atoms with Gasteiger partial charge in [0.1, 0.15) is 5.75 Å². The van der Waals surface area contributed by atoms with Gasteiger partial charge >= 0.3 is 6.09 Å². The van der Waals surface area contributed by atoms with Crippen molar-refractivity contribution < 1.29 is 19.1 Å². The Labute approximate surface area is 96.2 Å². The zero-order valence-corrected chi connectivity index (χ0v) is 9.00. The molecule has 7 heteroatoms. The van der Waals surface area contributed by atoms with Crippen molar-refractivity contribution in [1.82, 2.24) is 5.43 Å². The molecule has 1 amide bonds. The van der Waals surface area contributed by atoms with Gasteiger partial charge in [0.2, 0.25) is 6.29 Å². The normalized spacial score (nSPS) is 9.44. The largest absolute Gasteiger partial charge is 0.496 e. The van der Waals surface area contributed by atoms with Crippen LogP contribution in [0.15, 0.2) is 12.1 Å². The summed E-state index contributed by atoms with van der Waals surface area (Å²) in [6, 6.07) is 2.56. The maximum absolute atomic E-state index is 10.9. The van der Waals surface area contributed by atoms with E-state index in [1.54, 1.807) is 11.7 Å². The van der Waals surface area contributed by atoms with E-state index in [1.165, 1.54) is 19.2 Å². The summed E-state index contributed by atoms with van der Waals surface area (Å²) in [6.45, 7) is 0. The first-order valence-electron chi connectivity index (χ1n) is 4.06. The van der Waals surface area contributed by atoms with Crippen LogP contribution in [0.5, 0.6) is 11.5 Å². The smallest absolute Gasteiger partial charge is 0.426 e. The number of nitrogens with one attached hydrogen (secondary N) is 1. The second-order valence-electron chi connectivity index (χ2n) is 2.62. The quantitative estimate of drug-likeness (QED) is 0.465. The van der Waals surface area contributed by atoms with Crippen LogP contribution in [-0.4, -0.2) is 19.5 Å². The fourth-order valence-electron chi connectivity index (χ4n) is 0.991. The van der Waals surface area contributed by atoms with E-state index in [0.717, 1.165) is 0 Å². The van der Waals surface area contributed by atoms with E-state index in [2.05, 4.69) is 0 Å². The van der Waals surface area contributed by atoms with Crippen molar-refractivity contribution in [1.29, 1.82) is 0 Å². The lowest BCUT2D eigenvalue weighted by molar-refractivity contribution is 0.200. The third-order valence-electron chi connectivity index (χ3n) is 1.68. The number of halogens is 1. The Bertz CT molecular complexity index is 422. The highest BCUT2D eigenvalue weighted by atomic mass is 35.5. The minimum absolute atomic E-state index is 0.0282. The van der Waals surface area contributed by atoms with Gasteiger partial charge in [0.15, 0.2) is 5.75 Å². The summed E-state index contributed by atoms with van der Waals surface area (Å²) in [6.07, 6.45) is 0.759. The van der Waals surface area contributed by atoms with Gasteiger partial charge in [-0.3, -0.25) is 10.2 Å². The lowest BCUT2D eigenvalue weighted by Crippen LogP contribution is -2.32. The van der Waals surface area contributed by atoms with Crippen LogP contribution in [0, 0.1) is 0 Å². The molecule has 0 spiro atoms. The van der Waals surface area contributed by atoms with Gasteiger partial charge in [-0.05, 0) is 6.07 Å². The summed E-state index contributed by atoms with van der Waals surface area (Å²) in [7, 11) is 1.36. The van der Waals surface area contributed by atoms with Gasteiger partial charge in [0, 0.05) is 6.07 Å². The summed E-state index contributed by atoms with van der Waals surface area (Å²) in [5.74, 6) is 5.06. The molecule has 1 rings (SSSR count). The highest BCUT2D eigenvalue weighted by Gasteiger charge is 2.12. The van der Waals surface area contributed by atoms with Gasteiger partial charge < -0.3 is 9.47 Å². The first-order chi connectivity index (χ1) is 7.62. The van der Waals surface area contributed by atoms with Crippen LogP contribution in [0.4, 0.5) is 4.79 Å². The molecule has 16 heavy (non-hydrogen) atoms. The zero-order chi connectivity index (χ0) is 12.1. The van der Waals surface area contributed by atoms with Crippen molar-refractivity contribution in [3.8, 4) is 11.5 Å². The standard InChI is InChI=1S/C9H8ClN2O4/c1-15-7-3-8(16-9(14)12-11)6(10)2-5(7)4-13/h2-3H,11H2,1H3,(H,12,14). The van der Waals surface area contributed by atoms with Crippen molar-refractivity contribution in [2.75, 3.05) is 7.11 Å². The molecule has 0 aliphatic carbocycles. The average Bonchev–Trinajstić information content (AvgIpc) is 2.30. The molecule has 0 bridgehead atoms. The van der Waals surface area contributed by atoms with Crippen LogP contribution in [0.3, 0.4) is 0 Å². The Morgan fingerprint density at radius 1 is 1.50 bits per heavy atom. The summed E-state index contributed by atoms with van der Waals surface area (Å²) in [4.78, 5) is 21.4. The van der Waals surface area contributed by atoms with Gasteiger partial charge in [-0.25, -0.2) is 10.6 Å². The van der Waals surface area contributed by atoms with Crippen molar-refractivity contribution >= 4 is 24.0 Å². The maximum Gasteiger partial charge on any atom is 0.426 e. The molecule has 85 valence electrons. The SMILES string of the molecule is COc1cc(OC(=O)NN)c(Cl)cc1[C]=O. The van der Waals surface area contributed by atoms with Crippen LogP contribution in [0.2, 0.25) is 5.02 Å². The Balaban J connectivity index is 3.10. The number of nitrogens with two attached hydrogens (primary N) is 1. The first kappa shape index (κ1) is 12.3. The molecule has 0 aliphatic rings. The Kier molecular flexibility index (Phi) is 4.10. The third kappa shape index (κ3) is 2.62. The molecule has 0 saturated carbocycles. The lowest BCUT2D eigenvalue weighted by Gasteiger charge is -2.09. The summed E-state index contributed by atoms with van der Waals surface area (Å²) < 4.78 is 9.60. The number of benzene rings is 1. The summed E-state index contributed by atoms with van der Waals surface area (Å²) >= 11 is 5.76. The lowest BCUT2D eigenvalue weighted by atomic mass is 10.2. The highest BCUT2D eigenvalue weighted by Crippen LogP contribution is 2.31. The van der Waals surface area contributed by atoms with Crippen molar-refractivity contribution in [2.45, 2.75) is 0 Å². The van der Waals surface area contributed by atoms with Gasteiger partial charge in [-0.1, -0.05) is 11.6 Å². The number of carbonyl (C=O) groups is 1. The number of rotatable bonds is 3. The molecule has 0 aliphatic heterocycles. The molecule has 0 atom stereocenters. The number of hydrogen-bond acceptors (Lipinski definition) is 5. The van der Waals surface area contributed by atoms with Gasteiger partial charge in [-0.2, -0.15) is 0 Å². The van der Waals surface area contributed by atoms with Crippen LogP contribution < -0.4 is 20.7 Å². The Morgan fingerprint density at radius 2 is 2.19 bits per heavy atom.